The quantitative estimate of drug-likeness (QED) is 0.448. The molecule has 0 fully saturated rings. The first kappa shape index (κ1) is 18.9. The summed E-state index contributed by atoms with van der Waals surface area (Å²) in [5.41, 5.74) is 9.32. The number of methoxy groups -OCH3 is 1. The second-order valence-electron chi connectivity index (χ2n) is 6.34. The number of amides is 1. The number of rotatable bonds is 6. The van der Waals surface area contributed by atoms with E-state index in [4.69, 9.17) is 22.1 Å². The van der Waals surface area contributed by atoms with Gasteiger partial charge in [0.25, 0.3) is 5.91 Å². The molecule has 4 aromatic rings. The Morgan fingerprint density at radius 3 is 2.79 bits per heavy atom. The minimum absolute atomic E-state index is 0.291. The van der Waals surface area contributed by atoms with Crippen LogP contribution in [0.2, 0.25) is 5.02 Å². The van der Waals surface area contributed by atoms with Gasteiger partial charge >= 0.3 is 0 Å². The molecule has 0 aliphatic rings. The Labute approximate surface area is 171 Å². The lowest BCUT2D eigenvalue weighted by molar-refractivity contribution is 0.0996. The first-order chi connectivity index (χ1) is 14.0. The van der Waals surface area contributed by atoms with Gasteiger partial charge in [-0.2, -0.15) is 0 Å². The number of fused-ring (bicyclic) bond motifs is 1. The lowest BCUT2D eigenvalue weighted by Crippen LogP contribution is -2.10. The van der Waals surface area contributed by atoms with E-state index in [9.17, 15) is 4.79 Å². The van der Waals surface area contributed by atoms with Gasteiger partial charge in [0.1, 0.15) is 5.69 Å². The number of pyridine rings is 1. The molecule has 0 aliphatic heterocycles. The number of hydrogen-bond donors (Lipinski definition) is 3. The number of nitrogens with one attached hydrogen (secondary N) is 2. The highest BCUT2D eigenvalue weighted by atomic mass is 35.5. The zero-order chi connectivity index (χ0) is 20.4. The third kappa shape index (κ3) is 4.03. The largest absolute Gasteiger partial charge is 0.380 e. The molecule has 1 aromatic carbocycles. The number of nitrogens with zero attached hydrogens (tertiary/aromatic N) is 3. The fourth-order valence-corrected chi connectivity index (χ4v) is 3.24. The molecule has 8 nitrogen and oxygen atoms in total. The second-order valence-corrected chi connectivity index (χ2v) is 6.75. The van der Waals surface area contributed by atoms with Gasteiger partial charge in [0, 0.05) is 30.6 Å². The molecule has 0 saturated heterocycles. The summed E-state index contributed by atoms with van der Waals surface area (Å²) >= 11 is 6.33. The summed E-state index contributed by atoms with van der Waals surface area (Å²) in [6.07, 6.45) is 3.37. The smallest absolute Gasteiger partial charge is 0.265 e. The van der Waals surface area contributed by atoms with Crippen LogP contribution in [-0.4, -0.2) is 33.0 Å². The van der Waals surface area contributed by atoms with Gasteiger partial charge in [-0.15, -0.1) is 0 Å². The van der Waals surface area contributed by atoms with Crippen molar-refractivity contribution in [1.82, 2.24) is 19.9 Å². The molecule has 0 unspecified atom stereocenters. The molecule has 0 saturated carbocycles. The molecule has 146 valence electrons. The third-order valence-corrected chi connectivity index (χ3v) is 4.55. The van der Waals surface area contributed by atoms with Crippen molar-refractivity contribution >= 4 is 40.0 Å². The number of H-pyrrole nitrogens is 1. The van der Waals surface area contributed by atoms with E-state index in [2.05, 4.69) is 25.3 Å². The lowest BCUT2D eigenvalue weighted by Gasteiger charge is -2.08. The maximum atomic E-state index is 11.4. The molecule has 29 heavy (non-hydrogen) atoms. The zero-order valence-corrected chi connectivity index (χ0v) is 16.2. The highest BCUT2D eigenvalue weighted by Gasteiger charge is 2.11. The first-order valence-corrected chi connectivity index (χ1v) is 9.07. The SMILES string of the molecule is COCc1ccnc(-c2ccnc(Nc3cc(Cl)c4[nH]c(C(N)=O)cc4c3)n2)c1. The molecule has 4 N–H and O–H groups in total. The van der Waals surface area contributed by atoms with E-state index in [1.54, 1.807) is 37.7 Å². The van der Waals surface area contributed by atoms with Crippen LogP contribution in [-0.2, 0) is 11.3 Å². The van der Waals surface area contributed by atoms with Crippen LogP contribution in [0.4, 0.5) is 11.6 Å². The summed E-state index contributed by atoms with van der Waals surface area (Å²) in [6.45, 7) is 0.494. The number of nitrogens with two attached hydrogens (primary N) is 1. The van der Waals surface area contributed by atoms with Crippen molar-refractivity contribution in [2.45, 2.75) is 6.61 Å². The van der Waals surface area contributed by atoms with E-state index in [1.165, 1.54) is 0 Å². The van der Waals surface area contributed by atoms with Gasteiger partial charge in [0.05, 0.1) is 28.5 Å². The van der Waals surface area contributed by atoms with Gasteiger partial charge in [-0.3, -0.25) is 9.78 Å². The summed E-state index contributed by atoms with van der Waals surface area (Å²) < 4.78 is 5.17. The normalized spacial score (nSPS) is 11.0. The molecule has 3 aromatic heterocycles. The summed E-state index contributed by atoms with van der Waals surface area (Å²) in [5, 5.41) is 4.33. The van der Waals surface area contributed by atoms with Crippen molar-refractivity contribution in [3.8, 4) is 11.4 Å². The molecule has 0 aliphatic carbocycles. The van der Waals surface area contributed by atoms with Crippen molar-refractivity contribution in [2.24, 2.45) is 5.73 Å². The number of carbonyl (C=O) groups is 1. The van der Waals surface area contributed by atoms with E-state index in [0.29, 0.717) is 40.2 Å². The molecule has 0 bridgehead atoms. The molecule has 1 amide bonds. The molecule has 0 atom stereocenters. The standard InChI is InChI=1S/C20H17ClN6O2/c1-29-10-11-2-4-23-16(6-11)15-3-5-24-20(27-15)25-13-7-12-8-17(19(22)28)26-18(12)14(21)9-13/h2-9,26H,10H2,1H3,(H2,22,28)(H,24,25,27). The monoisotopic (exact) mass is 408 g/mol. The van der Waals surface area contributed by atoms with E-state index >= 15 is 0 Å². The predicted molar refractivity (Wildman–Crippen MR) is 111 cm³/mol. The maximum absolute atomic E-state index is 11.4. The zero-order valence-electron chi connectivity index (χ0n) is 15.4. The Kier molecular flexibility index (Phi) is 5.11. The number of hydrogen-bond acceptors (Lipinski definition) is 6. The van der Waals surface area contributed by atoms with Crippen LogP contribution in [0.3, 0.4) is 0 Å². The molecule has 0 radical (unpaired) electrons. The summed E-state index contributed by atoms with van der Waals surface area (Å²) in [4.78, 5) is 27.5. The van der Waals surface area contributed by atoms with Crippen molar-refractivity contribution in [2.75, 3.05) is 12.4 Å². The van der Waals surface area contributed by atoms with Gasteiger partial charge < -0.3 is 20.8 Å². The number of carbonyl (C=O) groups excluding carboxylic acids is 1. The number of aromatic nitrogens is 4. The number of aromatic amines is 1. The molecule has 0 spiro atoms. The molecule has 4 rings (SSSR count). The number of benzene rings is 1. The Hall–Kier alpha value is -3.49. The first-order valence-electron chi connectivity index (χ1n) is 8.70. The maximum Gasteiger partial charge on any atom is 0.265 e. The summed E-state index contributed by atoms with van der Waals surface area (Å²) in [7, 11) is 1.64. The van der Waals surface area contributed by atoms with Gasteiger partial charge in [-0.1, -0.05) is 11.6 Å². The number of anilines is 2. The van der Waals surface area contributed by atoms with Crippen LogP contribution in [0.5, 0.6) is 0 Å². The van der Waals surface area contributed by atoms with Gasteiger partial charge in [0.2, 0.25) is 5.95 Å². The van der Waals surface area contributed by atoms with Gasteiger partial charge in [-0.25, -0.2) is 9.97 Å². The average Bonchev–Trinajstić information content (AvgIpc) is 3.14. The highest BCUT2D eigenvalue weighted by molar-refractivity contribution is 6.35. The lowest BCUT2D eigenvalue weighted by atomic mass is 10.2. The van der Waals surface area contributed by atoms with E-state index in [1.807, 2.05) is 18.2 Å². The molecular weight excluding hydrogens is 392 g/mol. The molecule has 3 heterocycles. The van der Waals surface area contributed by atoms with Crippen molar-refractivity contribution in [3.63, 3.8) is 0 Å². The summed E-state index contributed by atoms with van der Waals surface area (Å²) in [5.74, 6) is -0.159. The minimum Gasteiger partial charge on any atom is -0.380 e. The van der Waals surface area contributed by atoms with Gasteiger partial charge in [-0.05, 0) is 42.0 Å². The average molecular weight is 409 g/mol. The van der Waals surface area contributed by atoms with Crippen LogP contribution in [0.1, 0.15) is 16.1 Å². The topological polar surface area (TPSA) is 119 Å². The molecular formula is C20H17ClN6O2. The molecule has 9 heteroatoms. The Morgan fingerprint density at radius 2 is 2.00 bits per heavy atom. The second kappa shape index (κ2) is 7.86. The number of ether oxygens (including phenoxy) is 1. The fraction of sp³-hybridized carbons (Fsp3) is 0.100. The Bertz CT molecular complexity index is 1210. The fourth-order valence-electron chi connectivity index (χ4n) is 2.97. The van der Waals surface area contributed by atoms with Crippen LogP contribution in [0, 0.1) is 0 Å². The number of primary amides is 1. The van der Waals surface area contributed by atoms with Crippen molar-refractivity contribution in [1.29, 1.82) is 0 Å². The Balaban J connectivity index is 1.64. The number of halogens is 1. The van der Waals surface area contributed by atoms with Gasteiger partial charge in [0.15, 0.2) is 0 Å². The predicted octanol–water partition coefficient (Wildman–Crippen LogP) is 3.66. The third-order valence-electron chi connectivity index (χ3n) is 4.26. The van der Waals surface area contributed by atoms with Crippen LogP contribution in [0.15, 0.2) is 48.8 Å². The summed E-state index contributed by atoms with van der Waals surface area (Å²) in [6, 6.07) is 10.8. The van der Waals surface area contributed by atoms with E-state index in [0.717, 1.165) is 16.6 Å². The highest BCUT2D eigenvalue weighted by Crippen LogP contribution is 2.29. The van der Waals surface area contributed by atoms with Crippen molar-refractivity contribution < 1.29 is 9.53 Å². The van der Waals surface area contributed by atoms with Crippen LogP contribution >= 0.6 is 11.6 Å². The van der Waals surface area contributed by atoms with E-state index in [-0.39, 0.29) is 0 Å². The minimum atomic E-state index is -0.550. The van der Waals surface area contributed by atoms with Crippen LogP contribution < -0.4 is 11.1 Å². The Morgan fingerprint density at radius 1 is 1.17 bits per heavy atom. The van der Waals surface area contributed by atoms with E-state index < -0.39 is 5.91 Å². The van der Waals surface area contributed by atoms with Crippen molar-refractivity contribution in [3.05, 3.63) is 65.1 Å². The van der Waals surface area contributed by atoms with Crippen LogP contribution in [0.25, 0.3) is 22.3 Å².